The van der Waals surface area contributed by atoms with Crippen molar-refractivity contribution >= 4 is 23.6 Å². The fourth-order valence-electron chi connectivity index (χ4n) is 1.68. The van der Waals surface area contributed by atoms with Crippen LogP contribution in [0.2, 0.25) is 0 Å². The van der Waals surface area contributed by atoms with Gasteiger partial charge in [-0.2, -0.15) is 0 Å². The maximum absolute atomic E-state index is 13.0. The Balaban J connectivity index is 2.06. The van der Waals surface area contributed by atoms with E-state index in [4.69, 9.17) is 5.11 Å². The van der Waals surface area contributed by atoms with E-state index in [2.05, 4.69) is 5.32 Å². The number of aliphatic carboxylic acids is 1. The van der Waals surface area contributed by atoms with Crippen LogP contribution in [0.1, 0.15) is 15.9 Å². The monoisotopic (exact) mass is 285 g/mol. The number of amides is 1. The maximum Gasteiger partial charge on any atom is 0.328 e. The maximum atomic E-state index is 13.0. The van der Waals surface area contributed by atoms with E-state index in [1.54, 1.807) is 24.3 Å². The van der Waals surface area contributed by atoms with E-state index in [1.165, 1.54) is 24.3 Å². The molecule has 0 unspecified atom stereocenters. The van der Waals surface area contributed by atoms with Crippen molar-refractivity contribution in [1.82, 2.24) is 0 Å². The van der Waals surface area contributed by atoms with Crippen LogP contribution >= 0.6 is 0 Å². The zero-order valence-corrected chi connectivity index (χ0v) is 10.9. The summed E-state index contributed by atoms with van der Waals surface area (Å²) in [6.45, 7) is 0. The molecule has 21 heavy (non-hydrogen) atoms. The minimum absolute atomic E-state index is 0.227. The summed E-state index contributed by atoms with van der Waals surface area (Å²) in [5, 5.41) is 11.2. The third-order valence-electron chi connectivity index (χ3n) is 2.67. The number of carbonyl (C=O) groups excluding carboxylic acids is 1. The molecule has 2 rings (SSSR count). The van der Waals surface area contributed by atoms with Gasteiger partial charge in [-0.05, 0) is 42.0 Å². The van der Waals surface area contributed by atoms with Gasteiger partial charge in [0.1, 0.15) is 5.82 Å². The van der Waals surface area contributed by atoms with E-state index < -0.39 is 17.7 Å². The van der Waals surface area contributed by atoms with Gasteiger partial charge in [0.15, 0.2) is 0 Å². The molecule has 0 spiro atoms. The third kappa shape index (κ3) is 4.28. The number of anilines is 1. The van der Waals surface area contributed by atoms with Crippen LogP contribution in [0.15, 0.2) is 54.6 Å². The molecule has 0 aromatic heterocycles. The van der Waals surface area contributed by atoms with Crippen LogP contribution in [0.5, 0.6) is 0 Å². The molecule has 2 N–H and O–H groups in total. The van der Waals surface area contributed by atoms with Gasteiger partial charge in [0.05, 0.1) is 0 Å². The Hall–Kier alpha value is -2.95. The van der Waals surface area contributed by atoms with Gasteiger partial charge in [-0.25, -0.2) is 9.18 Å². The van der Waals surface area contributed by atoms with Crippen LogP contribution < -0.4 is 5.32 Å². The standard InChI is InChI=1S/C16H12FNO3/c17-13-3-1-2-12(10-13)16(21)18-14-7-4-11(5-8-14)6-9-15(19)20/h1-10H,(H,18,21)(H,19,20)/b9-6+. The van der Waals surface area contributed by atoms with Gasteiger partial charge in [0, 0.05) is 17.3 Å². The molecule has 0 aliphatic heterocycles. The fraction of sp³-hybridized carbons (Fsp3) is 0. The van der Waals surface area contributed by atoms with Crippen LogP contribution in [0.3, 0.4) is 0 Å². The van der Waals surface area contributed by atoms with Crippen molar-refractivity contribution in [2.24, 2.45) is 0 Å². The molecule has 0 saturated heterocycles. The molecule has 1 amide bonds. The Morgan fingerprint density at radius 3 is 2.43 bits per heavy atom. The molecule has 0 bridgehead atoms. The number of carbonyl (C=O) groups is 2. The lowest BCUT2D eigenvalue weighted by Gasteiger charge is -2.05. The number of nitrogens with one attached hydrogen (secondary N) is 1. The fourth-order valence-corrected chi connectivity index (χ4v) is 1.68. The normalized spacial score (nSPS) is 10.5. The highest BCUT2D eigenvalue weighted by molar-refractivity contribution is 6.04. The molecular weight excluding hydrogens is 273 g/mol. The zero-order chi connectivity index (χ0) is 15.2. The number of rotatable bonds is 4. The smallest absolute Gasteiger partial charge is 0.328 e. The summed E-state index contributed by atoms with van der Waals surface area (Å²) in [6.07, 6.45) is 2.47. The zero-order valence-electron chi connectivity index (χ0n) is 10.9. The third-order valence-corrected chi connectivity index (χ3v) is 2.67. The Kier molecular flexibility index (Phi) is 4.46. The SMILES string of the molecule is O=C(O)/C=C/c1ccc(NC(=O)c2cccc(F)c2)cc1. The largest absolute Gasteiger partial charge is 0.478 e. The summed E-state index contributed by atoms with van der Waals surface area (Å²) in [7, 11) is 0. The first-order chi connectivity index (χ1) is 10.0. The van der Waals surface area contributed by atoms with Crippen molar-refractivity contribution in [2.45, 2.75) is 0 Å². The van der Waals surface area contributed by atoms with Gasteiger partial charge in [-0.1, -0.05) is 18.2 Å². The minimum atomic E-state index is -1.03. The van der Waals surface area contributed by atoms with Crippen molar-refractivity contribution in [3.63, 3.8) is 0 Å². The van der Waals surface area contributed by atoms with E-state index in [9.17, 15) is 14.0 Å². The summed E-state index contributed by atoms with van der Waals surface area (Å²) < 4.78 is 13.0. The van der Waals surface area contributed by atoms with Crippen molar-refractivity contribution in [2.75, 3.05) is 5.32 Å². The van der Waals surface area contributed by atoms with E-state index >= 15 is 0 Å². The summed E-state index contributed by atoms with van der Waals surface area (Å²) >= 11 is 0. The highest BCUT2D eigenvalue weighted by Crippen LogP contribution is 2.13. The lowest BCUT2D eigenvalue weighted by atomic mass is 10.1. The average Bonchev–Trinajstić information content (AvgIpc) is 2.46. The predicted molar refractivity (Wildman–Crippen MR) is 77.5 cm³/mol. The van der Waals surface area contributed by atoms with Crippen LogP contribution in [0.4, 0.5) is 10.1 Å². The highest BCUT2D eigenvalue weighted by Gasteiger charge is 2.06. The molecule has 2 aromatic rings. The van der Waals surface area contributed by atoms with E-state index in [1.807, 2.05) is 0 Å². The first kappa shape index (κ1) is 14.5. The molecule has 0 atom stereocenters. The Bertz CT molecular complexity index is 693. The first-order valence-electron chi connectivity index (χ1n) is 6.12. The topological polar surface area (TPSA) is 66.4 Å². The summed E-state index contributed by atoms with van der Waals surface area (Å²) in [6, 6.07) is 12.0. The quantitative estimate of drug-likeness (QED) is 0.848. The Morgan fingerprint density at radius 2 is 1.81 bits per heavy atom. The molecule has 0 saturated carbocycles. The Morgan fingerprint density at radius 1 is 1.10 bits per heavy atom. The number of carboxylic acid groups (broad SMARTS) is 1. The molecular formula is C16H12FNO3. The molecule has 0 radical (unpaired) electrons. The van der Waals surface area contributed by atoms with E-state index in [0.717, 1.165) is 12.1 Å². The van der Waals surface area contributed by atoms with Gasteiger partial charge in [0.2, 0.25) is 0 Å². The van der Waals surface area contributed by atoms with Crippen molar-refractivity contribution in [3.8, 4) is 0 Å². The van der Waals surface area contributed by atoms with E-state index in [-0.39, 0.29) is 5.56 Å². The second-order valence-corrected chi connectivity index (χ2v) is 4.26. The molecule has 4 nitrogen and oxygen atoms in total. The number of benzene rings is 2. The summed E-state index contributed by atoms with van der Waals surface area (Å²) in [4.78, 5) is 22.3. The van der Waals surface area contributed by atoms with Crippen molar-refractivity contribution in [3.05, 3.63) is 71.6 Å². The Labute approximate surface area is 120 Å². The lowest BCUT2D eigenvalue weighted by Crippen LogP contribution is -2.11. The average molecular weight is 285 g/mol. The van der Waals surface area contributed by atoms with Crippen LogP contribution in [-0.4, -0.2) is 17.0 Å². The van der Waals surface area contributed by atoms with E-state index in [0.29, 0.717) is 11.3 Å². The summed E-state index contributed by atoms with van der Waals surface area (Å²) in [5.74, 6) is -1.92. The lowest BCUT2D eigenvalue weighted by molar-refractivity contribution is -0.131. The predicted octanol–water partition coefficient (Wildman–Crippen LogP) is 3.18. The second-order valence-electron chi connectivity index (χ2n) is 4.26. The van der Waals surface area contributed by atoms with Crippen molar-refractivity contribution in [1.29, 1.82) is 0 Å². The molecule has 0 heterocycles. The highest BCUT2D eigenvalue weighted by atomic mass is 19.1. The number of hydrogen-bond acceptors (Lipinski definition) is 2. The van der Waals surface area contributed by atoms with Crippen LogP contribution in [0, 0.1) is 5.82 Å². The van der Waals surface area contributed by atoms with Crippen LogP contribution in [-0.2, 0) is 4.79 Å². The minimum Gasteiger partial charge on any atom is -0.478 e. The van der Waals surface area contributed by atoms with Gasteiger partial charge >= 0.3 is 5.97 Å². The molecule has 106 valence electrons. The van der Waals surface area contributed by atoms with Crippen molar-refractivity contribution < 1.29 is 19.1 Å². The van der Waals surface area contributed by atoms with Gasteiger partial charge in [-0.3, -0.25) is 4.79 Å². The number of carboxylic acids is 1. The number of hydrogen-bond donors (Lipinski definition) is 2. The summed E-state index contributed by atoms with van der Waals surface area (Å²) in [5.41, 5.74) is 1.46. The van der Waals surface area contributed by atoms with Gasteiger partial charge < -0.3 is 10.4 Å². The molecule has 2 aromatic carbocycles. The first-order valence-corrected chi connectivity index (χ1v) is 6.12. The molecule has 0 aliphatic carbocycles. The van der Waals surface area contributed by atoms with Crippen LogP contribution in [0.25, 0.3) is 6.08 Å². The molecule has 5 heteroatoms. The number of halogens is 1. The van der Waals surface area contributed by atoms with Gasteiger partial charge in [0.25, 0.3) is 5.91 Å². The van der Waals surface area contributed by atoms with Gasteiger partial charge in [-0.15, -0.1) is 0 Å². The second kappa shape index (κ2) is 6.47. The molecule has 0 aliphatic rings. The molecule has 0 fully saturated rings.